The summed E-state index contributed by atoms with van der Waals surface area (Å²) in [6.07, 6.45) is 1.82. The summed E-state index contributed by atoms with van der Waals surface area (Å²) in [5.41, 5.74) is 3.98. The highest BCUT2D eigenvalue weighted by Crippen LogP contribution is 2.54. The molecule has 1 saturated carbocycles. The Hall–Kier alpha value is -0.640. The molecule has 2 rings (SSSR count). The summed E-state index contributed by atoms with van der Waals surface area (Å²) in [7, 11) is 0. The quantitative estimate of drug-likeness (QED) is 0.642. The molecule has 0 radical (unpaired) electrons. The van der Waals surface area contributed by atoms with Crippen LogP contribution >= 0.6 is 11.6 Å². The van der Waals surface area contributed by atoms with E-state index in [1.807, 2.05) is 6.07 Å². The van der Waals surface area contributed by atoms with Gasteiger partial charge in [-0.05, 0) is 35.8 Å². The molecule has 0 bridgehead atoms. The van der Waals surface area contributed by atoms with Crippen molar-refractivity contribution < 1.29 is 4.39 Å². The second-order valence-corrected chi connectivity index (χ2v) is 5.87. The number of halogens is 2. The molecule has 17 heavy (non-hydrogen) atoms. The number of hydrogen-bond acceptors (Lipinski definition) is 2. The van der Waals surface area contributed by atoms with Crippen LogP contribution in [0.2, 0.25) is 5.02 Å². The summed E-state index contributed by atoms with van der Waals surface area (Å²) in [5.74, 6) is 5.75. The van der Waals surface area contributed by atoms with Gasteiger partial charge in [0, 0.05) is 6.04 Å². The molecule has 3 N–H and O–H groups in total. The molecule has 0 aliphatic heterocycles. The van der Waals surface area contributed by atoms with E-state index >= 15 is 0 Å². The molecule has 0 heterocycles. The van der Waals surface area contributed by atoms with E-state index in [1.165, 1.54) is 6.07 Å². The highest BCUT2D eigenvalue weighted by molar-refractivity contribution is 6.31. The maximum Gasteiger partial charge on any atom is 0.142 e. The number of nitrogens with two attached hydrogens (primary N) is 1. The molecule has 1 aromatic rings. The molecule has 0 aromatic heterocycles. The second kappa shape index (κ2) is 4.56. The summed E-state index contributed by atoms with van der Waals surface area (Å²) >= 11 is 5.95. The van der Waals surface area contributed by atoms with E-state index < -0.39 is 0 Å². The average molecular weight is 257 g/mol. The largest absolute Gasteiger partial charge is 0.271 e. The van der Waals surface area contributed by atoms with E-state index in [1.54, 1.807) is 6.07 Å². The van der Waals surface area contributed by atoms with E-state index in [9.17, 15) is 4.39 Å². The van der Waals surface area contributed by atoms with E-state index in [4.69, 9.17) is 17.4 Å². The number of hydrazine groups is 1. The third-order valence-corrected chi connectivity index (χ3v) is 4.18. The van der Waals surface area contributed by atoms with Gasteiger partial charge in [-0.2, -0.15) is 0 Å². The SMILES string of the molecule is CC1(C)CC1C(Cc1cccc(F)c1Cl)NN. The molecule has 1 aliphatic carbocycles. The Morgan fingerprint density at radius 2 is 2.24 bits per heavy atom. The molecule has 94 valence electrons. The van der Waals surface area contributed by atoms with Crippen LogP contribution in [0.4, 0.5) is 4.39 Å². The smallest absolute Gasteiger partial charge is 0.142 e. The van der Waals surface area contributed by atoms with Gasteiger partial charge in [0.2, 0.25) is 0 Å². The van der Waals surface area contributed by atoms with Gasteiger partial charge in [0.05, 0.1) is 5.02 Å². The second-order valence-electron chi connectivity index (χ2n) is 5.49. The van der Waals surface area contributed by atoms with Gasteiger partial charge in [-0.15, -0.1) is 0 Å². The highest BCUT2D eigenvalue weighted by Gasteiger charge is 2.49. The fraction of sp³-hybridized carbons (Fsp3) is 0.538. The Labute approximate surface area is 106 Å². The van der Waals surface area contributed by atoms with Crippen LogP contribution in [0.15, 0.2) is 18.2 Å². The average Bonchev–Trinajstić information content (AvgIpc) is 2.90. The normalized spacial score (nSPS) is 23.5. The minimum absolute atomic E-state index is 0.157. The molecule has 0 amide bonds. The minimum Gasteiger partial charge on any atom is -0.271 e. The van der Waals surface area contributed by atoms with Gasteiger partial charge in [-0.3, -0.25) is 11.3 Å². The van der Waals surface area contributed by atoms with Crippen molar-refractivity contribution in [3.63, 3.8) is 0 Å². The molecule has 2 unspecified atom stereocenters. The number of hydrogen-bond donors (Lipinski definition) is 2. The lowest BCUT2D eigenvalue weighted by Gasteiger charge is -2.18. The summed E-state index contributed by atoms with van der Waals surface area (Å²) < 4.78 is 13.3. The van der Waals surface area contributed by atoms with Crippen LogP contribution in [-0.2, 0) is 6.42 Å². The molecule has 0 saturated heterocycles. The summed E-state index contributed by atoms with van der Waals surface area (Å²) in [4.78, 5) is 0. The lowest BCUT2D eigenvalue weighted by molar-refractivity contribution is 0.408. The van der Waals surface area contributed by atoms with Crippen molar-refractivity contribution in [3.8, 4) is 0 Å². The van der Waals surface area contributed by atoms with Gasteiger partial charge in [-0.1, -0.05) is 37.6 Å². The van der Waals surface area contributed by atoms with Crippen molar-refractivity contribution in [1.82, 2.24) is 5.43 Å². The first-order valence-electron chi connectivity index (χ1n) is 5.84. The molecule has 0 spiro atoms. The predicted octanol–water partition coefficient (Wildman–Crippen LogP) is 2.90. The van der Waals surface area contributed by atoms with Gasteiger partial charge in [0.1, 0.15) is 5.82 Å². The van der Waals surface area contributed by atoms with Crippen molar-refractivity contribution in [2.24, 2.45) is 17.2 Å². The molecule has 2 nitrogen and oxygen atoms in total. The van der Waals surface area contributed by atoms with E-state index in [-0.39, 0.29) is 16.9 Å². The van der Waals surface area contributed by atoms with Crippen LogP contribution in [0, 0.1) is 17.2 Å². The number of nitrogens with one attached hydrogen (secondary N) is 1. The lowest BCUT2D eigenvalue weighted by Crippen LogP contribution is -2.39. The fourth-order valence-electron chi connectivity index (χ4n) is 2.46. The topological polar surface area (TPSA) is 38.0 Å². The third-order valence-electron chi connectivity index (χ3n) is 3.76. The Morgan fingerprint density at radius 3 is 2.76 bits per heavy atom. The molecule has 1 aromatic carbocycles. The van der Waals surface area contributed by atoms with Crippen molar-refractivity contribution in [2.45, 2.75) is 32.7 Å². The first-order valence-corrected chi connectivity index (χ1v) is 6.22. The van der Waals surface area contributed by atoms with Crippen LogP contribution in [0.5, 0.6) is 0 Å². The first kappa shape index (κ1) is 12.8. The monoisotopic (exact) mass is 256 g/mol. The zero-order chi connectivity index (χ0) is 12.6. The maximum atomic E-state index is 13.3. The van der Waals surface area contributed by atoms with E-state index in [0.717, 1.165) is 12.0 Å². The summed E-state index contributed by atoms with van der Waals surface area (Å²) in [5, 5.41) is 0.214. The maximum absolute atomic E-state index is 13.3. The van der Waals surface area contributed by atoms with Gasteiger partial charge >= 0.3 is 0 Å². The molecular formula is C13H18ClFN2. The Balaban J connectivity index is 2.11. The van der Waals surface area contributed by atoms with Crippen LogP contribution in [-0.4, -0.2) is 6.04 Å². The van der Waals surface area contributed by atoms with Gasteiger partial charge < -0.3 is 0 Å². The van der Waals surface area contributed by atoms with E-state index in [2.05, 4.69) is 19.3 Å². The fourth-order valence-corrected chi connectivity index (χ4v) is 2.66. The Morgan fingerprint density at radius 1 is 1.59 bits per heavy atom. The minimum atomic E-state index is -0.366. The lowest BCUT2D eigenvalue weighted by atomic mass is 9.98. The zero-order valence-corrected chi connectivity index (χ0v) is 10.9. The third kappa shape index (κ3) is 2.62. The summed E-state index contributed by atoms with van der Waals surface area (Å²) in [6, 6.07) is 5.06. The van der Waals surface area contributed by atoms with E-state index in [0.29, 0.717) is 17.8 Å². The standard InChI is InChI=1S/C13H18ClFN2/c1-13(2)7-9(13)11(17-16)6-8-4-3-5-10(15)12(8)14/h3-5,9,11,17H,6-7,16H2,1-2H3. The van der Waals surface area contributed by atoms with Gasteiger partial charge in [0.15, 0.2) is 0 Å². The van der Waals surface area contributed by atoms with Crippen molar-refractivity contribution in [3.05, 3.63) is 34.6 Å². The van der Waals surface area contributed by atoms with Crippen LogP contribution in [0.1, 0.15) is 25.8 Å². The number of rotatable bonds is 4. The van der Waals surface area contributed by atoms with Gasteiger partial charge in [-0.25, -0.2) is 4.39 Å². The van der Waals surface area contributed by atoms with Crippen LogP contribution in [0.3, 0.4) is 0 Å². The molecular weight excluding hydrogens is 239 g/mol. The van der Waals surface area contributed by atoms with Gasteiger partial charge in [0.25, 0.3) is 0 Å². The molecule has 1 fully saturated rings. The zero-order valence-electron chi connectivity index (χ0n) is 10.1. The van der Waals surface area contributed by atoms with Crippen molar-refractivity contribution in [1.29, 1.82) is 0 Å². The highest BCUT2D eigenvalue weighted by atomic mass is 35.5. The molecule has 4 heteroatoms. The molecule has 1 aliphatic rings. The van der Waals surface area contributed by atoms with Crippen molar-refractivity contribution >= 4 is 11.6 Å². The van der Waals surface area contributed by atoms with Crippen LogP contribution in [0.25, 0.3) is 0 Å². The predicted molar refractivity (Wildman–Crippen MR) is 68.1 cm³/mol. The van der Waals surface area contributed by atoms with Crippen LogP contribution < -0.4 is 11.3 Å². The molecule has 2 atom stereocenters. The number of benzene rings is 1. The Bertz CT molecular complexity index is 420. The first-order chi connectivity index (χ1) is 7.95. The Kier molecular flexibility index (Phi) is 3.43. The van der Waals surface area contributed by atoms with Crippen molar-refractivity contribution in [2.75, 3.05) is 0 Å². The summed E-state index contributed by atoms with van der Waals surface area (Å²) in [6.45, 7) is 4.43.